The molecule has 0 saturated carbocycles. The molecule has 2 N–H and O–H groups in total. The molecule has 0 saturated heterocycles. The average molecular weight is 362 g/mol. The molecule has 1 rings (SSSR count). The van der Waals surface area contributed by atoms with E-state index >= 15 is 0 Å². The van der Waals surface area contributed by atoms with Crippen molar-refractivity contribution < 1.29 is 15.0 Å². The minimum absolute atomic E-state index is 0.508. The van der Waals surface area contributed by atoms with Crippen LogP contribution in [0.25, 0.3) is 0 Å². The van der Waals surface area contributed by atoms with Crippen molar-refractivity contribution in [3.63, 3.8) is 0 Å². The third-order valence-corrected chi connectivity index (χ3v) is 2.48. The predicted molar refractivity (Wildman–Crippen MR) is 74.7 cm³/mol. The van der Waals surface area contributed by atoms with Crippen molar-refractivity contribution in [3.8, 4) is 0 Å². The summed E-state index contributed by atoms with van der Waals surface area (Å²) in [4.78, 5) is 17.3. The van der Waals surface area contributed by atoms with Gasteiger partial charge in [0.15, 0.2) is 5.44 Å². The molecule has 0 fully saturated rings. The van der Waals surface area contributed by atoms with E-state index in [1.807, 2.05) is 30.3 Å². The number of thioether (sulfide) groups is 1. The number of rotatable bonds is 4. The molecule has 0 spiro atoms. The second-order valence-corrected chi connectivity index (χ2v) is 13.6. The van der Waals surface area contributed by atoms with Gasteiger partial charge in [-0.05, 0) is 5.56 Å². The Hall–Kier alpha value is -0.201. The van der Waals surface area contributed by atoms with E-state index in [4.69, 9.17) is 10.2 Å². The molecule has 1 radical (unpaired) electrons. The van der Waals surface area contributed by atoms with Crippen LogP contribution in [0.15, 0.2) is 30.3 Å². The number of carbonyl (C=O) groups is 1. The first-order valence-electron chi connectivity index (χ1n) is 5.26. The number of hydrogen-bond acceptors (Lipinski definition) is 3. The molecule has 1 aromatic rings. The van der Waals surface area contributed by atoms with Crippen molar-refractivity contribution in [1.29, 1.82) is 0 Å². The summed E-state index contributed by atoms with van der Waals surface area (Å²) in [6, 6.07) is 9.43. The van der Waals surface area contributed by atoms with Crippen LogP contribution in [0.5, 0.6) is 0 Å². The van der Waals surface area contributed by atoms with Gasteiger partial charge in [-0.25, -0.2) is 4.79 Å². The van der Waals surface area contributed by atoms with E-state index in [1.54, 1.807) is 0 Å². The molecule has 0 heterocycles. The molecule has 0 amide bonds. The maximum absolute atomic E-state index is 10.2. The molecule has 1 unspecified atom stereocenters. The zero-order valence-corrected chi connectivity index (χ0v) is 14.1. The van der Waals surface area contributed by atoms with Crippen LogP contribution in [-0.2, 0) is 10.5 Å². The fourth-order valence-corrected chi connectivity index (χ4v) is 1.51. The van der Waals surface area contributed by atoms with Crippen LogP contribution in [0.4, 0.5) is 0 Å². The summed E-state index contributed by atoms with van der Waals surface area (Å²) in [5.74, 6) is -0.685. The number of aliphatic carboxylic acids is 1. The summed E-state index contributed by atoms with van der Waals surface area (Å²) in [6.07, 6.45) is 0. The first-order valence-corrected chi connectivity index (χ1v) is 14.9. The van der Waals surface area contributed by atoms with Gasteiger partial charge in [-0.3, -0.25) is 0 Å². The Labute approximate surface area is 114 Å². The van der Waals surface area contributed by atoms with Crippen molar-refractivity contribution in [3.05, 3.63) is 35.9 Å². The summed E-state index contributed by atoms with van der Waals surface area (Å²) in [6.45, 7) is 0. The first kappa shape index (κ1) is 16.8. The van der Waals surface area contributed by atoms with Gasteiger partial charge in [0.25, 0.3) is 0 Å². The van der Waals surface area contributed by atoms with E-state index in [2.05, 4.69) is 14.8 Å². The van der Waals surface area contributed by atoms with Crippen LogP contribution in [0.3, 0.4) is 0 Å². The van der Waals surface area contributed by atoms with Crippen molar-refractivity contribution in [2.45, 2.75) is 26.0 Å². The molecule has 0 aliphatic rings. The van der Waals surface area contributed by atoms with Gasteiger partial charge in [-0.15, -0.1) is 11.8 Å². The van der Waals surface area contributed by atoms with Crippen molar-refractivity contribution in [2.75, 3.05) is 0 Å². The Kier molecular flexibility index (Phi) is 9.67. The summed E-state index contributed by atoms with van der Waals surface area (Å²) in [7, 11) is 0. The molecule has 5 heteroatoms. The van der Waals surface area contributed by atoms with Gasteiger partial charge in [-0.2, -0.15) is 0 Å². The zero-order valence-electron chi connectivity index (χ0n) is 10.4. The molecule has 17 heavy (non-hydrogen) atoms. The number of hydrogen-bond donors (Lipinski definition) is 2. The van der Waals surface area contributed by atoms with E-state index in [-0.39, 0.29) is 0 Å². The Morgan fingerprint density at radius 2 is 1.76 bits per heavy atom. The SMILES string of the molecule is O=C(O)C(O)SCc1ccccc1.[CH3][Sn]([CH3])[CH3]. The second-order valence-electron chi connectivity index (χ2n) is 3.99. The number of benzene rings is 1. The third-order valence-electron chi connectivity index (χ3n) is 1.46. The normalized spacial score (nSPS) is 11.6. The number of carboxylic acid groups (broad SMARTS) is 1. The molecule has 1 atom stereocenters. The quantitative estimate of drug-likeness (QED) is 0.639. The molecule has 0 aliphatic carbocycles. The number of carboxylic acids is 1. The van der Waals surface area contributed by atoms with Gasteiger partial charge >= 0.3 is 40.5 Å². The summed E-state index contributed by atoms with van der Waals surface area (Å²) < 4.78 is 0. The zero-order chi connectivity index (χ0) is 13.3. The molecule has 0 aromatic heterocycles. The van der Waals surface area contributed by atoms with Crippen LogP contribution < -0.4 is 0 Å². The second kappa shape index (κ2) is 9.79. The maximum atomic E-state index is 10.2. The Morgan fingerprint density at radius 3 is 2.18 bits per heavy atom. The summed E-state index contributed by atoms with van der Waals surface area (Å²) >= 11 is 0.450. The van der Waals surface area contributed by atoms with E-state index in [1.165, 1.54) is 0 Å². The fraction of sp³-hybridized carbons (Fsp3) is 0.417. The van der Waals surface area contributed by atoms with Crippen molar-refractivity contribution in [2.24, 2.45) is 0 Å². The van der Waals surface area contributed by atoms with Crippen LogP contribution in [0, 0.1) is 0 Å². The van der Waals surface area contributed by atoms with E-state index < -0.39 is 31.2 Å². The molecular weight excluding hydrogens is 343 g/mol. The molecule has 95 valence electrons. The monoisotopic (exact) mass is 363 g/mol. The van der Waals surface area contributed by atoms with E-state index in [0.717, 1.165) is 17.3 Å². The summed E-state index contributed by atoms with van der Waals surface area (Å²) in [5, 5.41) is 17.3. The van der Waals surface area contributed by atoms with Gasteiger partial charge in [0.1, 0.15) is 0 Å². The van der Waals surface area contributed by atoms with E-state index in [9.17, 15) is 4.79 Å². The predicted octanol–water partition coefficient (Wildman–Crippen LogP) is 2.69. The van der Waals surface area contributed by atoms with Gasteiger partial charge in [-0.1, -0.05) is 30.3 Å². The molecule has 1 aromatic carbocycles. The van der Waals surface area contributed by atoms with Crippen LogP contribution in [0.2, 0.25) is 14.8 Å². The molecule has 3 nitrogen and oxygen atoms in total. The first-order chi connectivity index (χ1) is 7.93. The van der Waals surface area contributed by atoms with Crippen LogP contribution in [-0.4, -0.2) is 41.4 Å². The summed E-state index contributed by atoms with van der Waals surface area (Å²) in [5.41, 5.74) is -0.326. The molecule has 0 bridgehead atoms. The van der Waals surface area contributed by atoms with Crippen molar-refractivity contribution >= 4 is 37.5 Å². The van der Waals surface area contributed by atoms with Crippen LogP contribution in [0.1, 0.15) is 5.56 Å². The topological polar surface area (TPSA) is 57.5 Å². The van der Waals surface area contributed by atoms with Gasteiger partial charge < -0.3 is 10.2 Å². The Balaban J connectivity index is 0.000000557. The Bertz CT molecular complexity index is 314. The van der Waals surface area contributed by atoms with Gasteiger partial charge in [0, 0.05) is 5.75 Å². The van der Waals surface area contributed by atoms with Gasteiger partial charge in [0.05, 0.1) is 0 Å². The fourth-order valence-electron chi connectivity index (χ4n) is 0.821. The van der Waals surface area contributed by atoms with Crippen LogP contribution >= 0.6 is 11.8 Å². The number of aliphatic hydroxyl groups is 1. The Morgan fingerprint density at radius 1 is 1.29 bits per heavy atom. The standard InChI is InChI=1S/C9H10O3S.3CH3.Sn/c10-8(11)9(12)13-6-7-4-2-1-3-5-7;;;;/h1-5,9,12H,6H2,(H,10,11);3*1H3;. The minimum atomic E-state index is -1.33. The molecule has 0 aliphatic heterocycles. The van der Waals surface area contributed by atoms with Gasteiger partial charge in [0.2, 0.25) is 0 Å². The third kappa shape index (κ3) is 10.7. The van der Waals surface area contributed by atoms with Crippen molar-refractivity contribution in [1.82, 2.24) is 0 Å². The number of aliphatic hydroxyl groups excluding tert-OH is 1. The van der Waals surface area contributed by atoms with E-state index in [0.29, 0.717) is 5.75 Å². The average Bonchev–Trinajstić information content (AvgIpc) is 2.26. The molecular formula is C12H19O3SSn.